The van der Waals surface area contributed by atoms with Crippen molar-refractivity contribution in [2.75, 3.05) is 13.7 Å². The minimum absolute atomic E-state index is 0.0639. The largest absolute Gasteiger partial charge is 0.479 e. The van der Waals surface area contributed by atoms with E-state index in [0.29, 0.717) is 30.3 Å². The fraction of sp³-hybridized carbons (Fsp3) is 0.409. The van der Waals surface area contributed by atoms with Crippen molar-refractivity contribution in [1.29, 1.82) is 0 Å². The number of likely N-dealkylation sites (tertiary alicyclic amines) is 1. The predicted octanol–water partition coefficient (Wildman–Crippen LogP) is 3.45. The van der Waals surface area contributed by atoms with Gasteiger partial charge >= 0.3 is 0 Å². The first-order chi connectivity index (χ1) is 14.6. The van der Waals surface area contributed by atoms with E-state index >= 15 is 0 Å². The molecule has 0 spiro atoms. The summed E-state index contributed by atoms with van der Waals surface area (Å²) in [6.45, 7) is 4.63. The van der Waals surface area contributed by atoms with Crippen molar-refractivity contribution in [2.24, 2.45) is 0 Å². The summed E-state index contributed by atoms with van der Waals surface area (Å²) in [5.74, 6) is 1.85. The Morgan fingerprint density at radius 1 is 1.30 bits per heavy atom. The topological polar surface area (TPSA) is 94.2 Å². The molecule has 0 N–H and O–H groups in total. The van der Waals surface area contributed by atoms with E-state index in [1.807, 2.05) is 37.2 Å². The molecule has 0 aliphatic carbocycles. The van der Waals surface area contributed by atoms with E-state index in [9.17, 15) is 4.79 Å². The Bertz CT molecular complexity index is 1050. The Hall–Kier alpha value is -3.29. The monoisotopic (exact) mass is 407 g/mol. The second-order valence-electron chi connectivity index (χ2n) is 7.49. The van der Waals surface area contributed by atoms with Crippen LogP contribution in [-0.4, -0.2) is 44.6 Å². The summed E-state index contributed by atoms with van der Waals surface area (Å²) in [5.41, 5.74) is 3.98. The summed E-state index contributed by atoms with van der Waals surface area (Å²) in [5, 5.41) is 3.79. The van der Waals surface area contributed by atoms with Crippen molar-refractivity contribution in [3.8, 4) is 17.0 Å². The standard InChI is InChI=1S/C22H25N5O3/c1-14-12-23-9-8-17(14)18-13-24-15(2)25-22(18)19-5-4-10-27(19)21(28)7-6-16-11-20(29-3)26-30-16/h8-9,11-13,19H,4-7,10H2,1-3H3/t19-/m1/s1. The Balaban J connectivity index is 1.58. The van der Waals surface area contributed by atoms with Crippen molar-refractivity contribution < 1.29 is 14.1 Å². The zero-order valence-electron chi connectivity index (χ0n) is 17.5. The van der Waals surface area contributed by atoms with E-state index in [0.717, 1.165) is 41.8 Å². The van der Waals surface area contributed by atoms with Crippen molar-refractivity contribution >= 4 is 5.91 Å². The number of carbonyl (C=O) groups excluding carboxylic acids is 1. The number of aryl methyl sites for hydroxylation is 3. The lowest BCUT2D eigenvalue weighted by Crippen LogP contribution is -2.31. The number of hydrogen-bond donors (Lipinski definition) is 0. The molecule has 1 atom stereocenters. The third-order valence-corrected chi connectivity index (χ3v) is 5.47. The summed E-state index contributed by atoms with van der Waals surface area (Å²) >= 11 is 0. The van der Waals surface area contributed by atoms with Crippen LogP contribution in [-0.2, 0) is 11.2 Å². The molecular formula is C22H25N5O3. The Morgan fingerprint density at radius 3 is 2.93 bits per heavy atom. The quantitative estimate of drug-likeness (QED) is 0.618. The van der Waals surface area contributed by atoms with Crippen LogP contribution in [0, 0.1) is 13.8 Å². The smallest absolute Gasteiger partial charge is 0.254 e. The van der Waals surface area contributed by atoms with Crippen LogP contribution in [0.5, 0.6) is 5.88 Å². The number of nitrogens with zero attached hydrogens (tertiary/aromatic N) is 5. The average molecular weight is 407 g/mol. The summed E-state index contributed by atoms with van der Waals surface area (Å²) in [6.07, 6.45) is 8.14. The first-order valence-electron chi connectivity index (χ1n) is 10.1. The number of carbonyl (C=O) groups is 1. The minimum atomic E-state index is -0.0639. The molecule has 0 radical (unpaired) electrons. The molecule has 30 heavy (non-hydrogen) atoms. The number of amides is 1. The first-order valence-corrected chi connectivity index (χ1v) is 10.1. The summed E-state index contributed by atoms with van der Waals surface area (Å²) in [4.78, 5) is 28.4. The predicted molar refractivity (Wildman–Crippen MR) is 110 cm³/mol. The second kappa shape index (κ2) is 8.61. The van der Waals surface area contributed by atoms with E-state index in [1.165, 1.54) is 7.11 Å². The molecule has 8 heteroatoms. The number of hydrogen-bond acceptors (Lipinski definition) is 7. The van der Waals surface area contributed by atoms with E-state index in [4.69, 9.17) is 14.2 Å². The molecule has 1 aliphatic heterocycles. The molecule has 8 nitrogen and oxygen atoms in total. The molecule has 156 valence electrons. The highest BCUT2D eigenvalue weighted by Gasteiger charge is 2.33. The van der Waals surface area contributed by atoms with Crippen LogP contribution in [0.15, 0.2) is 35.2 Å². The molecule has 3 aromatic heterocycles. The SMILES string of the molecule is COc1cc(CCC(=O)N2CCC[C@@H]2c2nc(C)ncc2-c2ccncc2C)on1. The lowest BCUT2D eigenvalue weighted by molar-refractivity contribution is -0.132. The lowest BCUT2D eigenvalue weighted by Gasteiger charge is -2.26. The van der Waals surface area contributed by atoms with Crippen LogP contribution in [0.1, 0.15) is 48.1 Å². The first kappa shape index (κ1) is 20.0. The van der Waals surface area contributed by atoms with E-state index in [1.54, 1.807) is 12.3 Å². The highest BCUT2D eigenvalue weighted by Crippen LogP contribution is 2.37. The van der Waals surface area contributed by atoms with Gasteiger partial charge in [-0.25, -0.2) is 9.97 Å². The van der Waals surface area contributed by atoms with Crippen molar-refractivity contribution in [2.45, 2.75) is 45.6 Å². The van der Waals surface area contributed by atoms with E-state index in [-0.39, 0.29) is 11.9 Å². The van der Waals surface area contributed by atoms with Crippen molar-refractivity contribution in [1.82, 2.24) is 25.0 Å². The van der Waals surface area contributed by atoms with Gasteiger partial charge in [-0.05, 0) is 49.0 Å². The fourth-order valence-corrected chi connectivity index (χ4v) is 3.96. The molecule has 4 rings (SSSR count). The Labute approximate surface area is 175 Å². The number of pyridine rings is 1. The third-order valence-electron chi connectivity index (χ3n) is 5.47. The molecular weight excluding hydrogens is 382 g/mol. The van der Waals surface area contributed by atoms with Gasteiger partial charge in [0.1, 0.15) is 11.6 Å². The molecule has 0 bridgehead atoms. The maximum Gasteiger partial charge on any atom is 0.254 e. The van der Waals surface area contributed by atoms with Gasteiger partial charge in [-0.15, -0.1) is 0 Å². The van der Waals surface area contributed by atoms with Gasteiger partial charge in [0.25, 0.3) is 5.88 Å². The number of aromatic nitrogens is 4. The average Bonchev–Trinajstić information content (AvgIpc) is 3.42. The highest BCUT2D eigenvalue weighted by molar-refractivity contribution is 5.78. The van der Waals surface area contributed by atoms with Gasteiger partial charge < -0.3 is 14.2 Å². The highest BCUT2D eigenvalue weighted by atomic mass is 16.5. The van der Waals surface area contributed by atoms with Crippen molar-refractivity contribution in [3.63, 3.8) is 0 Å². The fourth-order valence-electron chi connectivity index (χ4n) is 3.96. The summed E-state index contributed by atoms with van der Waals surface area (Å²) < 4.78 is 10.2. The van der Waals surface area contributed by atoms with Crippen LogP contribution < -0.4 is 4.74 Å². The van der Waals surface area contributed by atoms with Gasteiger partial charge in [-0.2, -0.15) is 0 Å². The minimum Gasteiger partial charge on any atom is -0.479 e. The molecule has 0 unspecified atom stereocenters. The molecule has 1 saturated heterocycles. The Kier molecular flexibility index (Phi) is 5.74. The molecule has 4 heterocycles. The summed E-state index contributed by atoms with van der Waals surface area (Å²) in [7, 11) is 1.54. The molecule has 0 aromatic carbocycles. The zero-order valence-corrected chi connectivity index (χ0v) is 17.5. The number of ether oxygens (including phenoxy) is 1. The van der Waals surface area contributed by atoms with Crippen LogP contribution in [0.2, 0.25) is 0 Å². The van der Waals surface area contributed by atoms with E-state index < -0.39 is 0 Å². The van der Waals surface area contributed by atoms with E-state index in [2.05, 4.69) is 15.1 Å². The summed E-state index contributed by atoms with van der Waals surface area (Å²) in [6, 6.07) is 3.63. The second-order valence-corrected chi connectivity index (χ2v) is 7.49. The van der Waals surface area contributed by atoms with Crippen LogP contribution in [0.4, 0.5) is 0 Å². The molecule has 1 fully saturated rings. The number of methoxy groups -OCH3 is 1. The molecule has 0 saturated carbocycles. The van der Waals surface area contributed by atoms with Gasteiger partial charge in [-0.3, -0.25) is 9.78 Å². The maximum absolute atomic E-state index is 13.1. The Morgan fingerprint density at radius 2 is 2.17 bits per heavy atom. The van der Waals surface area contributed by atoms with Crippen LogP contribution in [0.25, 0.3) is 11.1 Å². The third kappa shape index (κ3) is 4.03. The van der Waals surface area contributed by atoms with Crippen LogP contribution >= 0.6 is 0 Å². The number of rotatable bonds is 6. The molecule has 3 aromatic rings. The normalized spacial score (nSPS) is 16.1. The van der Waals surface area contributed by atoms with Gasteiger partial charge in [0, 0.05) is 49.6 Å². The molecule has 1 aliphatic rings. The lowest BCUT2D eigenvalue weighted by atomic mass is 9.97. The van der Waals surface area contributed by atoms with Crippen molar-refractivity contribution in [3.05, 3.63) is 53.6 Å². The van der Waals surface area contributed by atoms with Gasteiger partial charge in [-0.1, -0.05) is 0 Å². The van der Waals surface area contributed by atoms with Crippen LogP contribution in [0.3, 0.4) is 0 Å². The van der Waals surface area contributed by atoms with Gasteiger partial charge in [0.2, 0.25) is 5.91 Å². The molecule has 1 amide bonds. The van der Waals surface area contributed by atoms with Gasteiger partial charge in [0.05, 0.1) is 18.8 Å². The maximum atomic E-state index is 13.1. The zero-order chi connectivity index (χ0) is 21.1. The van der Waals surface area contributed by atoms with Gasteiger partial charge in [0.15, 0.2) is 0 Å².